The zero-order valence-electron chi connectivity index (χ0n) is 19.1. The molecule has 8 heteroatoms. The molecule has 0 spiro atoms. The predicted molar refractivity (Wildman–Crippen MR) is 133 cm³/mol. The molecule has 0 atom stereocenters. The van der Waals surface area contributed by atoms with Crippen LogP contribution in [0.3, 0.4) is 0 Å². The highest BCUT2D eigenvalue weighted by molar-refractivity contribution is 6.30. The van der Waals surface area contributed by atoms with E-state index in [4.69, 9.17) is 16.3 Å². The van der Waals surface area contributed by atoms with E-state index in [0.717, 1.165) is 28.0 Å². The molecule has 0 saturated heterocycles. The molecule has 0 fully saturated rings. The minimum absolute atomic E-state index is 0.139. The van der Waals surface area contributed by atoms with Crippen LogP contribution in [0.15, 0.2) is 58.1 Å². The van der Waals surface area contributed by atoms with Gasteiger partial charge in [0.15, 0.2) is 0 Å². The summed E-state index contributed by atoms with van der Waals surface area (Å²) in [6, 6.07) is 15.7. The van der Waals surface area contributed by atoms with Crippen LogP contribution in [0, 0.1) is 6.92 Å². The SMILES string of the molecule is Cc1ccc(C2=C(Cc3ccc(Cl)cc3)c3c(n(C)c(=O)n(CCCOC=O)c3=O)CN2)cc1. The summed E-state index contributed by atoms with van der Waals surface area (Å²) >= 11 is 6.08. The number of nitrogens with one attached hydrogen (secondary N) is 1. The maximum absolute atomic E-state index is 13.7. The van der Waals surface area contributed by atoms with Gasteiger partial charge in [0, 0.05) is 30.7 Å². The van der Waals surface area contributed by atoms with Crippen LogP contribution in [0.5, 0.6) is 0 Å². The highest BCUT2D eigenvalue weighted by Gasteiger charge is 2.27. The van der Waals surface area contributed by atoms with Crippen molar-refractivity contribution >= 4 is 29.3 Å². The van der Waals surface area contributed by atoms with Crippen LogP contribution in [-0.4, -0.2) is 22.2 Å². The van der Waals surface area contributed by atoms with Gasteiger partial charge >= 0.3 is 5.69 Å². The molecule has 34 heavy (non-hydrogen) atoms. The first kappa shape index (κ1) is 23.6. The number of carbonyl (C=O) groups excluding carboxylic acids is 1. The monoisotopic (exact) mass is 479 g/mol. The molecule has 4 rings (SSSR count). The lowest BCUT2D eigenvalue weighted by molar-refractivity contribution is -0.128. The number of rotatable bonds is 8. The van der Waals surface area contributed by atoms with E-state index in [0.29, 0.717) is 42.1 Å². The van der Waals surface area contributed by atoms with E-state index in [1.165, 1.54) is 9.13 Å². The Labute approximate surface area is 202 Å². The molecule has 2 heterocycles. The van der Waals surface area contributed by atoms with Crippen LogP contribution in [0.1, 0.15) is 34.4 Å². The number of nitrogens with zero attached hydrogens (tertiary/aromatic N) is 2. The van der Waals surface area contributed by atoms with Crippen molar-refractivity contribution in [2.24, 2.45) is 7.05 Å². The van der Waals surface area contributed by atoms with E-state index in [1.54, 1.807) is 7.05 Å². The summed E-state index contributed by atoms with van der Waals surface area (Å²) in [4.78, 5) is 37.1. The van der Waals surface area contributed by atoms with Crippen molar-refractivity contribution in [2.45, 2.75) is 32.9 Å². The van der Waals surface area contributed by atoms with Gasteiger partial charge in [-0.05, 0) is 42.2 Å². The molecule has 0 bridgehead atoms. The molecule has 1 N–H and O–H groups in total. The standard InChI is InChI=1S/C26H26ClN3O4/c1-17-4-8-19(9-5-17)24-21(14-18-6-10-20(27)11-7-18)23-22(15-28-24)29(2)26(33)30(25(23)32)12-3-13-34-16-31/h4-11,16,28H,3,12-15H2,1-2H3. The minimum atomic E-state index is -0.388. The van der Waals surface area contributed by atoms with E-state index in [1.807, 2.05) is 55.5 Å². The number of aromatic nitrogens is 2. The maximum Gasteiger partial charge on any atom is 0.331 e. The normalized spacial score (nSPS) is 12.8. The number of carbonyl (C=O) groups is 1. The van der Waals surface area contributed by atoms with Gasteiger partial charge in [-0.2, -0.15) is 0 Å². The van der Waals surface area contributed by atoms with Crippen molar-refractivity contribution in [1.82, 2.24) is 14.5 Å². The Bertz CT molecular complexity index is 1350. The molecule has 0 radical (unpaired) electrons. The molecule has 0 unspecified atom stereocenters. The summed E-state index contributed by atoms with van der Waals surface area (Å²) in [5.41, 5.74) is 5.26. The molecule has 0 amide bonds. The Morgan fingerprint density at radius 1 is 1.09 bits per heavy atom. The lowest BCUT2D eigenvalue weighted by atomic mass is 9.90. The summed E-state index contributed by atoms with van der Waals surface area (Å²) < 4.78 is 7.49. The van der Waals surface area contributed by atoms with E-state index in [-0.39, 0.29) is 24.4 Å². The van der Waals surface area contributed by atoms with Gasteiger partial charge in [-0.3, -0.25) is 18.7 Å². The lowest BCUT2D eigenvalue weighted by Gasteiger charge is -2.27. The molecule has 7 nitrogen and oxygen atoms in total. The number of fused-ring (bicyclic) bond motifs is 1. The topological polar surface area (TPSA) is 82.3 Å². The summed E-state index contributed by atoms with van der Waals surface area (Å²) in [5.74, 6) is 0. The van der Waals surface area contributed by atoms with Crippen LogP contribution in [-0.2, 0) is 36.1 Å². The molecule has 2 aromatic carbocycles. The molecule has 1 aliphatic rings. The van der Waals surface area contributed by atoms with Gasteiger partial charge < -0.3 is 10.1 Å². The minimum Gasteiger partial charge on any atom is -0.468 e. The number of hydrogen-bond donors (Lipinski definition) is 1. The van der Waals surface area contributed by atoms with Crippen LogP contribution >= 0.6 is 11.6 Å². The van der Waals surface area contributed by atoms with Gasteiger partial charge in [-0.25, -0.2) is 4.79 Å². The molecule has 0 saturated carbocycles. The Kier molecular flexibility index (Phi) is 7.03. The quantitative estimate of drug-likeness (QED) is 0.396. The van der Waals surface area contributed by atoms with Crippen molar-refractivity contribution in [2.75, 3.05) is 6.61 Å². The highest BCUT2D eigenvalue weighted by Crippen LogP contribution is 2.32. The molecule has 0 aliphatic carbocycles. The number of aryl methyl sites for hydroxylation is 1. The first-order valence-corrected chi connectivity index (χ1v) is 11.5. The third kappa shape index (κ3) is 4.70. The van der Waals surface area contributed by atoms with Crippen LogP contribution in [0.2, 0.25) is 5.02 Å². The summed E-state index contributed by atoms with van der Waals surface area (Å²) in [6.45, 7) is 3.05. The lowest BCUT2D eigenvalue weighted by Crippen LogP contribution is -2.45. The fraction of sp³-hybridized carbons (Fsp3) is 0.269. The molecular formula is C26H26ClN3O4. The predicted octanol–water partition coefficient (Wildman–Crippen LogP) is 3.29. The Morgan fingerprint density at radius 3 is 2.47 bits per heavy atom. The summed E-state index contributed by atoms with van der Waals surface area (Å²) in [7, 11) is 1.68. The second kappa shape index (κ2) is 10.1. The molecule has 3 aromatic rings. The van der Waals surface area contributed by atoms with Crippen LogP contribution in [0.25, 0.3) is 11.3 Å². The summed E-state index contributed by atoms with van der Waals surface area (Å²) in [6.07, 6.45) is 0.855. The Balaban J connectivity index is 1.90. The fourth-order valence-electron chi connectivity index (χ4n) is 4.25. The van der Waals surface area contributed by atoms with Crippen LogP contribution in [0.4, 0.5) is 0 Å². The highest BCUT2D eigenvalue weighted by atomic mass is 35.5. The third-order valence-electron chi connectivity index (χ3n) is 6.05. The Morgan fingerprint density at radius 2 is 1.79 bits per heavy atom. The van der Waals surface area contributed by atoms with Crippen molar-refractivity contribution in [3.05, 3.63) is 102 Å². The average molecular weight is 480 g/mol. The largest absolute Gasteiger partial charge is 0.468 e. The van der Waals surface area contributed by atoms with Crippen molar-refractivity contribution in [3.63, 3.8) is 0 Å². The molecule has 1 aromatic heterocycles. The number of halogens is 1. The van der Waals surface area contributed by atoms with Gasteiger partial charge in [-0.15, -0.1) is 0 Å². The maximum atomic E-state index is 13.7. The van der Waals surface area contributed by atoms with Crippen LogP contribution < -0.4 is 16.6 Å². The van der Waals surface area contributed by atoms with Crippen molar-refractivity contribution in [3.8, 4) is 0 Å². The molecule has 1 aliphatic heterocycles. The van der Waals surface area contributed by atoms with Gasteiger partial charge in [0.1, 0.15) is 0 Å². The number of ether oxygens (including phenoxy) is 1. The van der Waals surface area contributed by atoms with E-state index < -0.39 is 0 Å². The molecule has 176 valence electrons. The third-order valence-corrected chi connectivity index (χ3v) is 6.30. The Hall–Kier alpha value is -3.58. The fourth-order valence-corrected chi connectivity index (χ4v) is 4.38. The number of allylic oxidation sites excluding steroid dienone is 1. The van der Waals surface area contributed by atoms with Gasteiger partial charge in [-0.1, -0.05) is 53.6 Å². The second-order valence-electron chi connectivity index (χ2n) is 8.32. The van der Waals surface area contributed by atoms with E-state index >= 15 is 0 Å². The average Bonchev–Trinajstić information content (AvgIpc) is 2.84. The van der Waals surface area contributed by atoms with E-state index in [2.05, 4.69) is 5.32 Å². The zero-order chi connectivity index (χ0) is 24.2. The van der Waals surface area contributed by atoms with Gasteiger partial charge in [0.25, 0.3) is 12.0 Å². The zero-order valence-corrected chi connectivity index (χ0v) is 19.9. The summed E-state index contributed by atoms with van der Waals surface area (Å²) in [5, 5.41) is 4.09. The number of hydrogen-bond acceptors (Lipinski definition) is 5. The number of benzene rings is 2. The van der Waals surface area contributed by atoms with Crippen molar-refractivity contribution < 1.29 is 9.53 Å². The van der Waals surface area contributed by atoms with Gasteiger partial charge in [0.2, 0.25) is 0 Å². The van der Waals surface area contributed by atoms with Crippen molar-refractivity contribution in [1.29, 1.82) is 0 Å². The smallest absolute Gasteiger partial charge is 0.331 e. The van der Waals surface area contributed by atoms with E-state index in [9.17, 15) is 14.4 Å². The van der Waals surface area contributed by atoms with Gasteiger partial charge in [0.05, 0.1) is 24.4 Å². The second-order valence-corrected chi connectivity index (χ2v) is 8.75. The molecular weight excluding hydrogens is 454 g/mol. The first-order chi connectivity index (χ1) is 16.4. The first-order valence-electron chi connectivity index (χ1n) is 11.1.